The summed E-state index contributed by atoms with van der Waals surface area (Å²) in [6.07, 6.45) is 8.80. The Morgan fingerprint density at radius 2 is 1.97 bits per heavy atom. The van der Waals surface area contributed by atoms with E-state index in [1.807, 2.05) is 32.0 Å². The highest BCUT2D eigenvalue weighted by molar-refractivity contribution is 6.31. The van der Waals surface area contributed by atoms with Gasteiger partial charge in [-0.2, -0.15) is 10.1 Å². The molecule has 0 aromatic carbocycles. The second-order valence-electron chi connectivity index (χ2n) is 8.64. The highest BCUT2D eigenvalue weighted by Gasteiger charge is 2.29. The van der Waals surface area contributed by atoms with Crippen molar-refractivity contribution in [3.63, 3.8) is 0 Å². The van der Waals surface area contributed by atoms with Gasteiger partial charge in [0.05, 0.1) is 11.9 Å². The van der Waals surface area contributed by atoms with Gasteiger partial charge in [-0.25, -0.2) is 4.98 Å². The van der Waals surface area contributed by atoms with Gasteiger partial charge in [0, 0.05) is 49.9 Å². The Hall–Kier alpha value is -2.94. The van der Waals surface area contributed by atoms with Crippen molar-refractivity contribution in [1.82, 2.24) is 24.3 Å². The maximum Gasteiger partial charge on any atom is 0.271 e. The molecule has 1 aliphatic rings. The Bertz CT molecular complexity index is 1190. The molecule has 1 aliphatic carbocycles. The molecule has 0 saturated heterocycles. The van der Waals surface area contributed by atoms with E-state index < -0.39 is 0 Å². The van der Waals surface area contributed by atoms with Crippen LogP contribution in [0.1, 0.15) is 52.5 Å². The first-order valence-corrected chi connectivity index (χ1v) is 11.2. The third-order valence-electron chi connectivity index (χ3n) is 5.95. The van der Waals surface area contributed by atoms with Crippen LogP contribution in [-0.4, -0.2) is 42.3 Å². The summed E-state index contributed by atoms with van der Waals surface area (Å²) < 4.78 is 3.31. The van der Waals surface area contributed by atoms with Crippen molar-refractivity contribution in [2.45, 2.75) is 64.6 Å². The first kappa shape index (κ1) is 22.3. The van der Waals surface area contributed by atoms with Crippen LogP contribution in [-0.2, 0) is 11.8 Å². The van der Waals surface area contributed by atoms with Crippen molar-refractivity contribution in [2.75, 3.05) is 10.2 Å². The van der Waals surface area contributed by atoms with Crippen molar-refractivity contribution >= 4 is 40.2 Å². The lowest BCUT2D eigenvalue weighted by atomic mass is 9.90. The van der Waals surface area contributed by atoms with Crippen LogP contribution in [0, 0.1) is 0 Å². The van der Waals surface area contributed by atoms with Gasteiger partial charge in [0.2, 0.25) is 11.9 Å². The minimum Gasteiger partial charge on any atom is -0.351 e. The maximum absolute atomic E-state index is 12.5. The highest BCUT2D eigenvalue weighted by Crippen LogP contribution is 2.29. The quantitative estimate of drug-likeness (QED) is 0.629. The van der Waals surface area contributed by atoms with Gasteiger partial charge >= 0.3 is 0 Å². The predicted molar refractivity (Wildman–Crippen MR) is 125 cm³/mol. The SMILES string of the molecule is CC(=O)N(c1cnn(C)c1)C1CCC(Nc2ncc3cc(Cl)c(=O)n(C(C)C)c3n2)CC1. The number of nitrogens with one attached hydrogen (secondary N) is 1. The Balaban J connectivity index is 1.49. The second kappa shape index (κ2) is 8.90. The fourth-order valence-corrected chi connectivity index (χ4v) is 4.69. The second-order valence-corrected chi connectivity index (χ2v) is 9.05. The molecule has 0 bridgehead atoms. The average molecular weight is 458 g/mol. The zero-order valence-electron chi connectivity index (χ0n) is 18.7. The first-order chi connectivity index (χ1) is 15.2. The molecule has 1 saturated carbocycles. The van der Waals surface area contributed by atoms with Gasteiger partial charge in [-0.15, -0.1) is 0 Å². The molecular formula is C22H28ClN7O2. The average Bonchev–Trinajstić information content (AvgIpc) is 3.15. The summed E-state index contributed by atoms with van der Waals surface area (Å²) >= 11 is 6.10. The van der Waals surface area contributed by atoms with E-state index in [0.29, 0.717) is 11.6 Å². The molecule has 9 nitrogen and oxygen atoms in total. The molecule has 0 atom stereocenters. The van der Waals surface area contributed by atoms with Crippen molar-refractivity contribution in [3.05, 3.63) is 40.0 Å². The lowest BCUT2D eigenvalue weighted by molar-refractivity contribution is -0.117. The van der Waals surface area contributed by atoms with Crippen LogP contribution in [0.4, 0.5) is 11.6 Å². The van der Waals surface area contributed by atoms with E-state index in [-0.39, 0.29) is 34.6 Å². The summed E-state index contributed by atoms with van der Waals surface area (Å²) in [6.45, 7) is 5.45. The lowest BCUT2D eigenvalue weighted by Gasteiger charge is -2.36. The molecule has 1 N–H and O–H groups in total. The van der Waals surface area contributed by atoms with Crippen LogP contribution in [0.25, 0.3) is 11.0 Å². The minimum absolute atomic E-state index is 0.0255. The molecular weight excluding hydrogens is 430 g/mol. The molecule has 10 heteroatoms. The third-order valence-corrected chi connectivity index (χ3v) is 6.22. The number of anilines is 2. The summed E-state index contributed by atoms with van der Waals surface area (Å²) in [7, 11) is 1.85. The molecule has 1 amide bonds. The van der Waals surface area contributed by atoms with E-state index in [1.54, 1.807) is 34.6 Å². The van der Waals surface area contributed by atoms with Gasteiger partial charge in [-0.05, 0) is 45.6 Å². The van der Waals surface area contributed by atoms with Gasteiger partial charge in [0.25, 0.3) is 5.56 Å². The van der Waals surface area contributed by atoms with E-state index in [1.165, 1.54) is 0 Å². The third kappa shape index (κ3) is 4.34. The molecule has 0 unspecified atom stereocenters. The van der Waals surface area contributed by atoms with E-state index in [9.17, 15) is 9.59 Å². The molecule has 4 rings (SSSR count). The molecule has 0 aliphatic heterocycles. The predicted octanol–water partition coefficient (Wildman–Crippen LogP) is 3.54. The van der Waals surface area contributed by atoms with E-state index >= 15 is 0 Å². The normalized spacial score (nSPS) is 18.8. The molecule has 170 valence electrons. The Labute approximate surface area is 191 Å². The van der Waals surface area contributed by atoms with Crippen LogP contribution in [0.2, 0.25) is 5.02 Å². The number of hydrogen-bond acceptors (Lipinski definition) is 6. The number of aromatic nitrogens is 5. The van der Waals surface area contributed by atoms with Crippen LogP contribution in [0.5, 0.6) is 0 Å². The van der Waals surface area contributed by atoms with E-state index in [4.69, 9.17) is 11.6 Å². The molecule has 3 heterocycles. The fourth-order valence-electron chi connectivity index (χ4n) is 4.48. The van der Waals surface area contributed by atoms with Crippen molar-refractivity contribution in [2.24, 2.45) is 7.05 Å². The van der Waals surface area contributed by atoms with Gasteiger partial charge in [-0.3, -0.25) is 18.8 Å². The van der Waals surface area contributed by atoms with Gasteiger partial charge in [-0.1, -0.05) is 11.6 Å². The summed E-state index contributed by atoms with van der Waals surface area (Å²) in [4.78, 5) is 35.7. The standard InChI is InChI=1S/C22H28ClN7O2/c1-13(2)29-20-15(9-19(23)21(29)32)10-24-22(27-20)26-16-5-7-17(8-6-16)30(14(3)31)18-11-25-28(4)12-18/h9-13,16-17H,5-8H2,1-4H3,(H,24,26,27). The number of nitrogens with zero attached hydrogens (tertiary/aromatic N) is 6. The van der Waals surface area contributed by atoms with Crippen LogP contribution >= 0.6 is 11.6 Å². The number of rotatable bonds is 5. The Kier molecular flexibility index (Phi) is 6.19. The number of halogens is 1. The summed E-state index contributed by atoms with van der Waals surface area (Å²) in [6, 6.07) is 1.87. The summed E-state index contributed by atoms with van der Waals surface area (Å²) in [5.41, 5.74) is 1.15. The molecule has 0 radical (unpaired) electrons. The number of pyridine rings is 1. The number of carbonyl (C=O) groups excluding carboxylic acids is 1. The number of fused-ring (bicyclic) bond motifs is 1. The number of carbonyl (C=O) groups is 1. The van der Waals surface area contributed by atoms with Crippen LogP contribution in [0.3, 0.4) is 0 Å². The highest BCUT2D eigenvalue weighted by atomic mass is 35.5. The topological polar surface area (TPSA) is 97.9 Å². The van der Waals surface area contributed by atoms with Crippen molar-refractivity contribution < 1.29 is 4.79 Å². The number of aryl methyl sites for hydroxylation is 1. The van der Waals surface area contributed by atoms with Crippen LogP contribution < -0.4 is 15.8 Å². The minimum atomic E-state index is -0.251. The zero-order valence-corrected chi connectivity index (χ0v) is 19.5. The Morgan fingerprint density at radius 1 is 1.25 bits per heavy atom. The molecule has 1 fully saturated rings. The molecule has 3 aromatic rings. The van der Waals surface area contributed by atoms with Gasteiger partial charge < -0.3 is 10.2 Å². The smallest absolute Gasteiger partial charge is 0.271 e. The lowest BCUT2D eigenvalue weighted by Crippen LogP contribution is -2.43. The maximum atomic E-state index is 12.5. The first-order valence-electron chi connectivity index (χ1n) is 10.9. The summed E-state index contributed by atoms with van der Waals surface area (Å²) in [5.74, 6) is 0.519. The molecule has 3 aromatic heterocycles. The van der Waals surface area contributed by atoms with Crippen molar-refractivity contribution in [1.29, 1.82) is 0 Å². The number of hydrogen-bond donors (Lipinski definition) is 1. The number of amides is 1. The van der Waals surface area contributed by atoms with Gasteiger partial charge in [0.15, 0.2) is 0 Å². The molecule has 0 spiro atoms. The Morgan fingerprint density at radius 3 is 2.56 bits per heavy atom. The molecule has 32 heavy (non-hydrogen) atoms. The van der Waals surface area contributed by atoms with E-state index in [0.717, 1.165) is 36.8 Å². The van der Waals surface area contributed by atoms with Gasteiger partial charge in [0.1, 0.15) is 10.7 Å². The largest absolute Gasteiger partial charge is 0.351 e. The van der Waals surface area contributed by atoms with Crippen molar-refractivity contribution in [3.8, 4) is 0 Å². The fraction of sp³-hybridized carbons (Fsp3) is 0.500. The summed E-state index contributed by atoms with van der Waals surface area (Å²) in [5, 5.41) is 8.51. The zero-order chi connectivity index (χ0) is 23.0. The van der Waals surface area contributed by atoms with Crippen LogP contribution in [0.15, 0.2) is 29.5 Å². The van der Waals surface area contributed by atoms with E-state index in [2.05, 4.69) is 20.4 Å². The monoisotopic (exact) mass is 457 g/mol.